The maximum absolute atomic E-state index is 12.1. The van der Waals surface area contributed by atoms with Crippen molar-refractivity contribution in [2.75, 3.05) is 11.9 Å². The van der Waals surface area contributed by atoms with Crippen molar-refractivity contribution in [3.05, 3.63) is 47.2 Å². The maximum atomic E-state index is 12.1. The van der Waals surface area contributed by atoms with Gasteiger partial charge in [-0.15, -0.1) is 11.3 Å². The molecule has 0 amide bonds. The van der Waals surface area contributed by atoms with Crippen LogP contribution in [0.4, 0.5) is 5.95 Å². The lowest BCUT2D eigenvalue weighted by Crippen LogP contribution is -2.13. The first kappa shape index (κ1) is 15.4. The Balaban J connectivity index is 1.93. The summed E-state index contributed by atoms with van der Waals surface area (Å²) in [6.07, 6.45) is 3.51. The van der Waals surface area contributed by atoms with Crippen molar-refractivity contribution in [1.82, 2.24) is 15.0 Å². The van der Waals surface area contributed by atoms with E-state index in [9.17, 15) is 4.79 Å². The zero-order valence-electron chi connectivity index (χ0n) is 12.8. The van der Waals surface area contributed by atoms with Crippen LogP contribution in [0, 0.1) is 0 Å². The highest BCUT2D eigenvalue weighted by Gasteiger charge is 2.18. The molecule has 3 aromatic rings. The van der Waals surface area contributed by atoms with Gasteiger partial charge >= 0.3 is 5.97 Å². The van der Waals surface area contributed by atoms with E-state index in [1.165, 1.54) is 11.3 Å². The number of rotatable bonds is 5. The van der Waals surface area contributed by atoms with Crippen LogP contribution < -0.4 is 5.32 Å². The average molecular weight is 328 g/mol. The zero-order chi connectivity index (χ0) is 16.2. The Labute approximate surface area is 137 Å². The third-order valence-electron chi connectivity index (χ3n) is 3.30. The van der Waals surface area contributed by atoms with E-state index >= 15 is 0 Å². The van der Waals surface area contributed by atoms with E-state index in [0.717, 1.165) is 15.8 Å². The van der Waals surface area contributed by atoms with Gasteiger partial charge in [-0.05, 0) is 36.9 Å². The van der Waals surface area contributed by atoms with Crippen LogP contribution in [0.15, 0.2) is 36.0 Å². The molecule has 23 heavy (non-hydrogen) atoms. The van der Waals surface area contributed by atoms with E-state index in [4.69, 9.17) is 4.74 Å². The molecule has 6 nitrogen and oxygen atoms in total. The summed E-state index contributed by atoms with van der Waals surface area (Å²) in [7, 11) is 0. The second-order valence-corrected chi connectivity index (χ2v) is 5.82. The third kappa shape index (κ3) is 3.29. The van der Waals surface area contributed by atoms with Gasteiger partial charge in [0.2, 0.25) is 5.95 Å². The molecule has 0 fully saturated rings. The normalized spacial score (nSPS) is 12.1. The van der Waals surface area contributed by atoms with Crippen LogP contribution in [0.5, 0.6) is 0 Å². The quantitative estimate of drug-likeness (QED) is 0.723. The van der Waals surface area contributed by atoms with Crippen molar-refractivity contribution in [3.8, 4) is 0 Å². The van der Waals surface area contributed by atoms with Gasteiger partial charge < -0.3 is 10.1 Å². The van der Waals surface area contributed by atoms with Crippen LogP contribution >= 0.6 is 11.3 Å². The number of hydrogen-bond acceptors (Lipinski definition) is 7. The summed E-state index contributed by atoms with van der Waals surface area (Å²) in [5, 5.41) is 5.10. The third-order valence-corrected chi connectivity index (χ3v) is 4.21. The summed E-state index contributed by atoms with van der Waals surface area (Å²) in [4.78, 5) is 25.0. The van der Waals surface area contributed by atoms with E-state index in [2.05, 4.69) is 20.3 Å². The molecular weight excluding hydrogens is 312 g/mol. The molecule has 0 aliphatic carbocycles. The zero-order valence-corrected chi connectivity index (χ0v) is 13.6. The highest BCUT2D eigenvalue weighted by Crippen LogP contribution is 2.25. The van der Waals surface area contributed by atoms with Gasteiger partial charge in [-0.25, -0.2) is 14.8 Å². The lowest BCUT2D eigenvalue weighted by Gasteiger charge is -2.14. The minimum atomic E-state index is -0.431. The first-order chi connectivity index (χ1) is 11.2. The lowest BCUT2D eigenvalue weighted by atomic mass is 10.1. The molecule has 0 radical (unpaired) electrons. The molecule has 1 N–H and O–H groups in total. The van der Waals surface area contributed by atoms with Gasteiger partial charge in [0.15, 0.2) is 5.69 Å². The van der Waals surface area contributed by atoms with Crippen molar-refractivity contribution in [2.45, 2.75) is 19.9 Å². The van der Waals surface area contributed by atoms with Gasteiger partial charge in [0, 0.05) is 12.4 Å². The van der Waals surface area contributed by atoms with Crippen LogP contribution in [0.1, 0.15) is 35.9 Å². The van der Waals surface area contributed by atoms with Crippen molar-refractivity contribution in [3.63, 3.8) is 0 Å². The number of carbonyl (C=O) groups excluding carboxylic acids is 1. The monoisotopic (exact) mass is 328 g/mol. The Morgan fingerprint density at radius 1 is 1.39 bits per heavy atom. The van der Waals surface area contributed by atoms with Crippen molar-refractivity contribution < 1.29 is 9.53 Å². The topological polar surface area (TPSA) is 77.0 Å². The SMILES string of the molecule is CCOC(=O)c1nc(NC(C)c2cccnc2)nc2ccsc12. The van der Waals surface area contributed by atoms with Gasteiger partial charge in [0.1, 0.15) is 0 Å². The fraction of sp³-hybridized carbons (Fsp3) is 0.250. The number of anilines is 1. The van der Waals surface area contributed by atoms with Crippen molar-refractivity contribution in [1.29, 1.82) is 0 Å². The number of nitrogens with one attached hydrogen (secondary N) is 1. The van der Waals surface area contributed by atoms with Gasteiger partial charge in [-0.3, -0.25) is 4.98 Å². The summed E-state index contributed by atoms with van der Waals surface area (Å²) < 4.78 is 5.83. The molecule has 3 aromatic heterocycles. The number of pyridine rings is 1. The molecule has 0 saturated heterocycles. The number of hydrogen-bond donors (Lipinski definition) is 1. The molecule has 0 bridgehead atoms. The fourth-order valence-electron chi connectivity index (χ4n) is 2.17. The number of ether oxygens (including phenoxy) is 1. The Hall–Kier alpha value is -2.54. The first-order valence-corrected chi connectivity index (χ1v) is 8.16. The number of fused-ring (bicyclic) bond motifs is 1. The average Bonchev–Trinajstić information content (AvgIpc) is 3.03. The number of carbonyl (C=O) groups is 1. The highest BCUT2D eigenvalue weighted by atomic mass is 32.1. The van der Waals surface area contributed by atoms with Gasteiger partial charge in [-0.1, -0.05) is 6.07 Å². The summed E-state index contributed by atoms with van der Waals surface area (Å²) in [6.45, 7) is 4.07. The molecule has 0 saturated carbocycles. The summed E-state index contributed by atoms with van der Waals surface area (Å²) in [5.41, 5.74) is 2.04. The molecular formula is C16H16N4O2S. The van der Waals surface area contributed by atoms with E-state index < -0.39 is 5.97 Å². The first-order valence-electron chi connectivity index (χ1n) is 7.28. The summed E-state index contributed by atoms with van der Waals surface area (Å²) in [5.74, 6) is -0.0327. The highest BCUT2D eigenvalue weighted by molar-refractivity contribution is 7.17. The standard InChI is InChI=1S/C16H16N4O2S/c1-3-22-15(21)13-14-12(6-8-23-14)19-16(20-13)18-10(2)11-5-4-7-17-9-11/h4-10H,3H2,1-2H3,(H,18,19,20). The van der Waals surface area contributed by atoms with Gasteiger partial charge in [0.05, 0.1) is 22.9 Å². The predicted molar refractivity (Wildman–Crippen MR) is 89.6 cm³/mol. The molecule has 0 aromatic carbocycles. The molecule has 0 aliphatic rings. The number of thiophene rings is 1. The van der Waals surface area contributed by atoms with Crippen LogP contribution in [0.3, 0.4) is 0 Å². The van der Waals surface area contributed by atoms with Gasteiger partial charge in [0.25, 0.3) is 0 Å². The Morgan fingerprint density at radius 2 is 2.26 bits per heavy atom. The number of esters is 1. The Kier molecular flexibility index (Phi) is 4.47. The van der Waals surface area contributed by atoms with Gasteiger partial charge in [-0.2, -0.15) is 0 Å². The second kappa shape index (κ2) is 6.70. The second-order valence-electron chi connectivity index (χ2n) is 4.90. The predicted octanol–water partition coefficient (Wildman–Crippen LogP) is 3.44. The maximum Gasteiger partial charge on any atom is 0.358 e. The van der Waals surface area contributed by atoms with Crippen LogP contribution in [-0.2, 0) is 4.74 Å². The Morgan fingerprint density at radius 3 is 3.00 bits per heavy atom. The summed E-state index contributed by atoms with van der Waals surface area (Å²) in [6, 6.07) is 5.68. The van der Waals surface area contributed by atoms with Crippen LogP contribution in [0.25, 0.3) is 10.2 Å². The smallest absolute Gasteiger partial charge is 0.358 e. The molecule has 7 heteroatoms. The minimum absolute atomic E-state index is 0.0326. The van der Waals surface area contributed by atoms with Crippen LogP contribution in [-0.4, -0.2) is 27.5 Å². The largest absolute Gasteiger partial charge is 0.461 e. The number of aromatic nitrogens is 3. The molecule has 0 aliphatic heterocycles. The molecule has 0 spiro atoms. The molecule has 3 rings (SSSR count). The van der Waals surface area contributed by atoms with Crippen LogP contribution in [0.2, 0.25) is 0 Å². The van der Waals surface area contributed by atoms with Crippen molar-refractivity contribution >= 4 is 33.5 Å². The van der Waals surface area contributed by atoms with E-state index in [1.807, 2.05) is 30.5 Å². The molecule has 118 valence electrons. The van der Waals surface area contributed by atoms with E-state index in [1.54, 1.807) is 19.3 Å². The molecule has 1 unspecified atom stereocenters. The Bertz CT molecular complexity index is 819. The van der Waals surface area contributed by atoms with E-state index in [0.29, 0.717) is 18.2 Å². The number of nitrogens with zero attached hydrogens (tertiary/aromatic N) is 3. The summed E-state index contributed by atoms with van der Waals surface area (Å²) >= 11 is 1.43. The lowest BCUT2D eigenvalue weighted by molar-refractivity contribution is 0.0522. The van der Waals surface area contributed by atoms with Crippen molar-refractivity contribution in [2.24, 2.45) is 0 Å². The molecule has 1 atom stereocenters. The molecule has 3 heterocycles. The van der Waals surface area contributed by atoms with E-state index in [-0.39, 0.29) is 6.04 Å². The fourth-order valence-corrected chi connectivity index (χ4v) is 2.98. The minimum Gasteiger partial charge on any atom is -0.461 e.